The van der Waals surface area contributed by atoms with Crippen LogP contribution in [-0.4, -0.2) is 95.1 Å². The number of carbonyl (C=O) groups is 5. The van der Waals surface area contributed by atoms with Crippen molar-refractivity contribution in [3.63, 3.8) is 0 Å². The third kappa shape index (κ3) is 8.64. The summed E-state index contributed by atoms with van der Waals surface area (Å²) >= 11 is 0. The van der Waals surface area contributed by atoms with E-state index in [4.69, 9.17) is 9.47 Å². The van der Waals surface area contributed by atoms with E-state index in [2.05, 4.69) is 56.3 Å². The van der Waals surface area contributed by atoms with Gasteiger partial charge < -0.3 is 40.2 Å². The van der Waals surface area contributed by atoms with Crippen LogP contribution in [0.3, 0.4) is 0 Å². The maximum absolute atomic E-state index is 13.6. The van der Waals surface area contributed by atoms with Crippen LogP contribution >= 0.6 is 0 Å². The van der Waals surface area contributed by atoms with Crippen LogP contribution in [0.25, 0.3) is 33.2 Å². The van der Waals surface area contributed by atoms with Gasteiger partial charge in [-0.2, -0.15) is 0 Å². The quantitative estimate of drug-likeness (QED) is 0.139. The first-order chi connectivity index (χ1) is 26.9. The molecule has 2 saturated heterocycles. The van der Waals surface area contributed by atoms with E-state index in [9.17, 15) is 24.0 Å². The number of aromatic nitrogens is 2. The Morgan fingerprint density at radius 1 is 0.714 bits per heavy atom. The average Bonchev–Trinajstić information content (AvgIpc) is 4.00. The Bertz CT molecular complexity index is 2080. The molecule has 0 unspecified atom stereocenters. The molecule has 1 aromatic heterocycles. The number of hydrogen-bond donors (Lipinski definition) is 4. The van der Waals surface area contributed by atoms with Crippen molar-refractivity contribution in [3.8, 4) is 22.4 Å². The van der Waals surface area contributed by atoms with Gasteiger partial charge in [0.25, 0.3) is 0 Å². The van der Waals surface area contributed by atoms with Crippen molar-refractivity contribution < 1.29 is 33.4 Å². The average molecular weight is 766 g/mol. The van der Waals surface area contributed by atoms with E-state index in [1.165, 1.54) is 14.2 Å². The monoisotopic (exact) mass is 765 g/mol. The van der Waals surface area contributed by atoms with Crippen LogP contribution < -0.4 is 16.0 Å². The fourth-order valence-corrected chi connectivity index (χ4v) is 7.59. The van der Waals surface area contributed by atoms with Gasteiger partial charge in [0, 0.05) is 24.3 Å². The van der Waals surface area contributed by atoms with Crippen LogP contribution in [0.4, 0.5) is 15.3 Å². The summed E-state index contributed by atoms with van der Waals surface area (Å²) in [4.78, 5) is 75.6. The molecule has 5 amide bonds. The highest BCUT2D eigenvalue weighted by Gasteiger charge is 2.39. The van der Waals surface area contributed by atoms with Gasteiger partial charge >= 0.3 is 12.2 Å². The van der Waals surface area contributed by atoms with Crippen molar-refractivity contribution in [3.05, 3.63) is 72.7 Å². The van der Waals surface area contributed by atoms with Crippen molar-refractivity contribution in [1.29, 1.82) is 0 Å². The Morgan fingerprint density at radius 2 is 1.25 bits per heavy atom. The minimum Gasteiger partial charge on any atom is -0.453 e. The lowest BCUT2D eigenvalue weighted by atomic mass is 9.99. The van der Waals surface area contributed by atoms with Gasteiger partial charge in [-0.15, -0.1) is 0 Å². The number of rotatable bonds is 11. The minimum atomic E-state index is -0.795. The molecule has 4 aromatic rings. The number of methoxy groups -OCH3 is 2. The molecule has 0 radical (unpaired) electrons. The molecule has 14 nitrogen and oxygen atoms in total. The standard InChI is InChI=1S/C42H51N7O7/c1-24(2)35(46-41(53)55-5)39(51)48-19-7-9-33(48)37-43-23-32(45-37)30-14-13-28-21-27(11-12-29(28)22-30)26-15-17-31(18-16-26)44-38(50)34-10-8-20-49(34)40(52)36(25(3)4)47-42(54)56-6/h11-18,21-25,33-36H,7-10,19-20H2,1-6H3,(H,43,45)(H,44,50)(H,46,53)(H,47,54)/t33-,34-,35-,36-/m0/s1. The van der Waals surface area contributed by atoms with E-state index in [-0.39, 0.29) is 35.6 Å². The maximum Gasteiger partial charge on any atom is 0.407 e. The fourth-order valence-electron chi connectivity index (χ4n) is 7.59. The lowest BCUT2D eigenvalue weighted by Crippen LogP contribution is -2.54. The van der Waals surface area contributed by atoms with Crippen LogP contribution in [0.5, 0.6) is 0 Å². The van der Waals surface area contributed by atoms with Crippen LogP contribution in [0, 0.1) is 11.8 Å². The molecule has 3 aromatic carbocycles. The van der Waals surface area contributed by atoms with Gasteiger partial charge in [-0.25, -0.2) is 14.6 Å². The number of benzene rings is 3. The first-order valence-electron chi connectivity index (χ1n) is 19.2. The number of aromatic amines is 1. The summed E-state index contributed by atoms with van der Waals surface area (Å²) in [5.74, 6) is -0.302. The Morgan fingerprint density at radius 3 is 1.86 bits per heavy atom. The number of likely N-dealkylation sites (tertiary alicyclic amines) is 2. The highest BCUT2D eigenvalue weighted by molar-refractivity contribution is 5.99. The maximum atomic E-state index is 13.6. The first kappa shape index (κ1) is 39.8. The fraction of sp³-hybridized carbons (Fsp3) is 0.429. The predicted octanol–water partition coefficient (Wildman–Crippen LogP) is 6.25. The second kappa shape index (κ2) is 17.3. The predicted molar refractivity (Wildman–Crippen MR) is 212 cm³/mol. The van der Waals surface area contributed by atoms with Crippen molar-refractivity contribution in [2.75, 3.05) is 32.6 Å². The number of H-pyrrole nitrogens is 1. The molecule has 0 bridgehead atoms. The number of carbonyl (C=O) groups excluding carboxylic acids is 5. The van der Waals surface area contributed by atoms with Crippen molar-refractivity contribution in [1.82, 2.24) is 30.4 Å². The molecule has 14 heteroatoms. The number of fused-ring (bicyclic) bond motifs is 1. The highest BCUT2D eigenvalue weighted by atomic mass is 16.5. The molecule has 296 valence electrons. The summed E-state index contributed by atoms with van der Waals surface area (Å²) in [5, 5.41) is 10.4. The van der Waals surface area contributed by atoms with E-state index in [1.807, 2.05) is 58.0 Å². The molecule has 4 N–H and O–H groups in total. The summed E-state index contributed by atoms with van der Waals surface area (Å²) in [5.41, 5.74) is 4.44. The number of alkyl carbamates (subject to hydrolysis) is 2. The van der Waals surface area contributed by atoms with Gasteiger partial charge in [0.15, 0.2) is 0 Å². The van der Waals surface area contributed by atoms with Crippen molar-refractivity contribution in [2.24, 2.45) is 11.8 Å². The van der Waals surface area contributed by atoms with E-state index in [1.54, 1.807) is 16.0 Å². The molecule has 4 atom stereocenters. The number of nitrogens with one attached hydrogen (secondary N) is 4. The van der Waals surface area contributed by atoms with Crippen LogP contribution in [0.15, 0.2) is 66.9 Å². The molecule has 0 aliphatic carbocycles. The molecular weight excluding hydrogens is 715 g/mol. The summed E-state index contributed by atoms with van der Waals surface area (Å²) in [6, 6.07) is 17.7. The molecule has 2 aliphatic rings. The third-order valence-corrected chi connectivity index (χ3v) is 10.7. The van der Waals surface area contributed by atoms with Crippen LogP contribution in [-0.2, 0) is 23.9 Å². The number of amides is 5. The molecular formula is C42H51N7O7. The van der Waals surface area contributed by atoms with Gasteiger partial charge in [0.2, 0.25) is 17.7 Å². The molecule has 2 fully saturated rings. The molecule has 6 rings (SSSR count). The molecule has 56 heavy (non-hydrogen) atoms. The Balaban J connectivity index is 1.11. The molecule has 0 spiro atoms. The van der Waals surface area contributed by atoms with Crippen LogP contribution in [0.1, 0.15) is 65.2 Å². The lowest BCUT2D eigenvalue weighted by molar-refractivity contribution is -0.139. The van der Waals surface area contributed by atoms with E-state index < -0.39 is 30.3 Å². The van der Waals surface area contributed by atoms with E-state index in [0.717, 1.165) is 46.0 Å². The number of ether oxygens (including phenoxy) is 2. The van der Waals surface area contributed by atoms with Crippen molar-refractivity contribution >= 4 is 46.4 Å². The number of nitrogens with zero attached hydrogens (tertiary/aromatic N) is 3. The summed E-state index contributed by atoms with van der Waals surface area (Å²) in [6.45, 7) is 8.48. The molecule has 3 heterocycles. The first-order valence-corrected chi connectivity index (χ1v) is 19.2. The second-order valence-corrected chi connectivity index (χ2v) is 15.1. The molecule has 0 saturated carbocycles. The number of anilines is 1. The van der Waals surface area contributed by atoms with E-state index >= 15 is 0 Å². The Hall–Kier alpha value is -5.92. The third-order valence-electron chi connectivity index (χ3n) is 10.7. The largest absolute Gasteiger partial charge is 0.453 e. The topological polar surface area (TPSA) is 175 Å². The SMILES string of the molecule is COC(=O)N[C@H](C(=O)N1CCC[C@H]1C(=O)Nc1ccc(-c2ccc3cc(-c4cnc([C@@H]5CCCN5C(=O)[C@@H](NC(=O)OC)C(C)C)[nH]4)ccc3c2)cc1)C(C)C. The minimum absolute atomic E-state index is 0.114. The van der Waals surface area contributed by atoms with Gasteiger partial charge in [-0.05, 0) is 83.7 Å². The Kier molecular flexibility index (Phi) is 12.3. The van der Waals surface area contributed by atoms with Gasteiger partial charge in [-0.1, -0.05) is 64.1 Å². The second-order valence-electron chi connectivity index (χ2n) is 15.1. The summed E-state index contributed by atoms with van der Waals surface area (Å²) in [6.07, 6.45) is 3.32. The zero-order chi connectivity index (χ0) is 40.1. The van der Waals surface area contributed by atoms with Gasteiger partial charge in [0.05, 0.1) is 32.2 Å². The Labute approximate surface area is 326 Å². The zero-order valence-corrected chi connectivity index (χ0v) is 32.8. The van der Waals surface area contributed by atoms with Crippen molar-refractivity contribution in [2.45, 2.75) is 77.5 Å². The number of hydrogen-bond acceptors (Lipinski definition) is 8. The van der Waals surface area contributed by atoms with E-state index in [0.29, 0.717) is 37.4 Å². The molecule has 2 aliphatic heterocycles. The van der Waals surface area contributed by atoms with Gasteiger partial charge in [-0.3, -0.25) is 14.4 Å². The lowest BCUT2D eigenvalue weighted by Gasteiger charge is -2.30. The normalized spacial score (nSPS) is 17.9. The summed E-state index contributed by atoms with van der Waals surface area (Å²) < 4.78 is 9.45. The van der Waals surface area contributed by atoms with Gasteiger partial charge in [0.1, 0.15) is 23.9 Å². The number of imidazole rings is 1. The summed E-state index contributed by atoms with van der Waals surface area (Å²) in [7, 11) is 2.53. The smallest absolute Gasteiger partial charge is 0.407 e. The van der Waals surface area contributed by atoms with Crippen LogP contribution in [0.2, 0.25) is 0 Å². The zero-order valence-electron chi connectivity index (χ0n) is 32.8. The highest BCUT2D eigenvalue weighted by Crippen LogP contribution is 2.34.